The Morgan fingerprint density at radius 2 is 2.21 bits per heavy atom. The number of rotatable bonds is 4. The van der Waals surface area contributed by atoms with Crippen LogP contribution in [0.1, 0.15) is 5.89 Å². The van der Waals surface area contributed by atoms with Gasteiger partial charge in [0.1, 0.15) is 0 Å². The molecule has 2 aromatic rings. The van der Waals surface area contributed by atoms with E-state index in [-0.39, 0.29) is 11.7 Å². The highest BCUT2D eigenvalue weighted by Crippen LogP contribution is 2.26. The number of carbonyl (C=O) groups excluding carboxylic acids is 1. The lowest BCUT2D eigenvalue weighted by Gasteiger charge is -2.06. The smallest absolute Gasteiger partial charge is 0.277 e. The van der Waals surface area contributed by atoms with Crippen molar-refractivity contribution in [1.82, 2.24) is 10.2 Å². The van der Waals surface area contributed by atoms with Crippen LogP contribution in [0.25, 0.3) is 0 Å². The lowest BCUT2D eigenvalue weighted by molar-refractivity contribution is -0.113. The van der Waals surface area contributed by atoms with E-state index in [2.05, 4.69) is 47.4 Å². The molecule has 1 heterocycles. The third kappa shape index (κ3) is 4.32. The van der Waals surface area contributed by atoms with Gasteiger partial charge in [0.2, 0.25) is 11.8 Å². The molecule has 2 rings (SSSR count). The summed E-state index contributed by atoms with van der Waals surface area (Å²) in [5.74, 6) is 0.554. The van der Waals surface area contributed by atoms with Crippen molar-refractivity contribution in [2.45, 2.75) is 12.1 Å². The topological polar surface area (TPSA) is 68.0 Å². The lowest BCUT2D eigenvalue weighted by Crippen LogP contribution is -2.14. The van der Waals surface area contributed by atoms with E-state index in [1.807, 2.05) is 18.2 Å². The molecule has 19 heavy (non-hydrogen) atoms. The predicted octanol–water partition coefficient (Wildman–Crippen LogP) is 3.63. The van der Waals surface area contributed by atoms with Crippen molar-refractivity contribution in [1.29, 1.82) is 0 Å². The first-order valence-corrected chi connectivity index (χ1v) is 7.79. The summed E-state index contributed by atoms with van der Waals surface area (Å²) in [5.41, 5.74) is 0.710. The molecule has 1 aromatic heterocycles. The van der Waals surface area contributed by atoms with Crippen molar-refractivity contribution in [3.8, 4) is 0 Å². The Morgan fingerprint density at radius 1 is 1.42 bits per heavy atom. The van der Waals surface area contributed by atoms with E-state index in [9.17, 15) is 4.79 Å². The molecule has 0 aliphatic rings. The molecule has 0 atom stereocenters. The summed E-state index contributed by atoms with van der Waals surface area (Å²) in [4.78, 5) is 11.8. The van der Waals surface area contributed by atoms with Crippen LogP contribution in [-0.4, -0.2) is 21.9 Å². The van der Waals surface area contributed by atoms with Crippen molar-refractivity contribution >= 4 is 55.2 Å². The maximum absolute atomic E-state index is 11.8. The Labute approximate surface area is 130 Å². The standard InChI is InChI=1S/C11H9Br2N3O2S/c1-6-15-16-11(18-6)19-5-10(17)14-9-4-7(12)2-3-8(9)13/h2-4H,5H2,1H3,(H,14,17). The van der Waals surface area contributed by atoms with Gasteiger partial charge < -0.3 is 9.73 Å². The van der Waals surface area contributed by atoms with E-state index < -0.39 is 0 Å². The second-order valence-corrected chi connectivity index (χ2v) is 6.24. The van der Waals surface area contributed by atoms with Gasteiger partial charge in [-0.3, -0.25) is 4.79 Å². The number of hydrogen-bond donors (Lipinski definition) is 1. The van der Waals surface area contributed by atoms with Crippen LogP contribution in [0.5, 0.6) is 0 Å². The number of aryl methyl sites for hydroxylation is 1. The largest absolute Gasteiger partial charge is 0.416 e. The highest BCUT2D eigenvalue weighted by Gasteiger charge is 2.09. The fourth-order valence-electron chi connectivity index (χ4n) is 1.24. The maximum Gasteiger partial charge on any atom is 0.277 e. The van der Waals surface area contributed by atoms with E-state index >= 15 is 0 Å². The maximum atomic E-state index is 11.8. The van der Waals surface area contributed by atoms with Crippen LogP contribution in [0.15, 0.2) is 36.8 Å². The average Bonchev–Trinajstić information content (AvgIpc) is 2.77. The molecular formula is C11H9Br2N3O2S. The molecule has 0 aliphatic heterocycles. The van der Waals surface area contributed by atoms with Gasteiger partial charge in [-0.05, 0) is 34.1 Å². The van der Waals surface area contributed by atoms with Crippen LogP contribution in [0.2, 0.25) is 0 Å². The lowest BCUT2D eigenvalue weighted by atomic mass is 10.3. The molecule has 1 amide bonds. The quantitative estimate of drug-likeness (QED) is 0.785. The van der Waals surface area contributed by atoms with Crippen LogP contribution in [0, 0.1) is 6.92 Å². The summed E-state index contributed by atoms with van der Waals surface area (Å²) in [6.07, 6.45) is 0. The molecule has 5 nitrogen and oxygen atoms in total. The van der Waals surface area contributed by atoms with Crippen molar-refractivity contribution in [3.63, 3.8) is 0 Å². The number of benzene rings is 1. The molecule has 0 aliphatic carbocycles. The minimum absolute atomic E-state index is 0.139. The van der Waals surface area contributed by atoms with Gasteiger partial charge in [0.15, 0.2) is 0 Å². The fourth-order valence-corrected chi connectivity index (χ4v) is 2.56. The Kier molecular flexibility index (Phi) is 5.00. The first-order valence-electron chi connectivity index (χ1n) is 5.22. The van der Waals surface area contributed by atoms with E-state index in [1.54, 1.807) is 6.92 Å². The summed E-state index contributed by atoms with van der Waals surface area (Å²) in [7, 11) is 0. The molecule has 0 radical (unpaired) electrons. The minimum Gasteiger partial charge on any atom is -0.416 e. The second kappa shape index (κ2) is 6.53. The first kappa shape index (κ1) is 14.5. The Bertz CT molecular complexity index is 603. The molecule has 100 valence electrons. The average molecular weight is 407 g/mol. The van der Waals surface area contributed by atoms with Gasteiger partial charge in [-0.25, -0.2) is 0 Å². The van der Waals surface area contributed by atoms with Gasteiger partial charge in [0.05, 0.1) is 11.4 Å². The number of nitrogens with zero attached hydrogens (tertiary/aromatic N) is 2. The van der Waals surface area contributed by atoms with Gasteiger partial charge in [-0.15, -0.1) is 10.2 Å². The zero-order valence-electron chi connectivity index (χ0n) is 9.81. The van der Waals surface area contributed by atoms with Crippen LogP contribution in [0.4, 0.5) is 5.69 Å². The highest BCUT2D eigenvalue weighted by molar-refractivity contribution is 9.11. The third-order valence-electron chi connectivity index (χ3n) is 2.04. The van der Waals surface area contributed by atoms with Crippen LogP contribution in [0.3, 0.4) is 0 Å². The SMILES string of the molecule is Cc1nnc(SCC(=O)Nc2cc(Br)ccc2Br)o1. The van der Waals surface area contributed by atoms with Crippen molar-refractivity contribution in [3.05, 3.63) is 33.0 Å². The summed E-state index contributed by atoms with van der Waals surface area (Å²) in [5, 5.41) is 10.7. The summed E-state index contributed by atoms with van der Waals surface area (Å²) in [6.45, 7) is 1.70. The number of thioether (sulfide) groups is 1. The monoisotopic (exact) mass is 405 g/mol. The molecule has 0 unspecified atom stereocenters. The van der Waals surface area contributed by atoms with E-state index in [1.165, 1.54) is 11.8 Å². The number of nitrogens with one attached hydrogen (secondary N) is 1. The van der Waals surface area contributed by atoms with Crippen LogP contribution in [-0.2, 0) is 4.79 Å². The molecule has 0 bridgehead atoms. The fraction of sp³-hybridized carbons (Fsp3) is 0.182. The van der Waals surface area contributed by atoms with Crippen molar-refractivity contribution in [2.24, 2.45) is 0 Å². The molecule has 1 aromatic carbocycles. The zero-order chi connectivity index (χ0) is 13.8. The molecule has 8 heteroatoms. The second-order valence-electron chi connectivity index (χ2n) is 3.55. The number of hydrogen-bond acceptors (Lipinski definition) is 5. The van der Waals surface area contributed by atoms with E-state index in [0.717, 1.165) is 8.95 Å². The Balaban J connectivity index is 1.92. The minimum atomic E-state index is -0.139. The first-order chi connectivity index (χ1) is 9.04. The summed E-state index contributed by atoms with van der Waals surface area (Å²) in [6, 6.07) is 5.56. The van der Waals surface area contributed by atoms with Crippen LogP contribution >= 0.6 is 43.6 Å². The molecule has 0 saturated carbocycles. The highest BCUT2D eigenvalue weighted by atomic mass is 79.9. The normalized spacial score (nSPS) is 10.5. The number of amides is 1. The van der Waals surface area contributed by atoms with Gasteiger partial charge in [0, 0.05) is 15.9 Å². The number of carbonyl (C=O) groups is 1. The van der Waals surface area contributed by atoms with Gasteiger partial charge in [0.25, 0.3) is 5.22 Å². The van der Waals surface area contributed by atoms with E-state index in [4.69, 9.17) is 4.42 Å². The summed E-state index contributed by atoms with van der Waals surface area (Å²) >= 11 is 7.93. The van der Waals surface area contributed by atoms with Crippen molar-refractivity contribution in [2.75, 3.05) is 11.1 Å². The van der Waals surface area contributed by atoms with Crippen LogP contribution < -0.4 is 5.32 Å². The molecule has 0 saturated heterocycles. The van der Waals surface area contributed by atoms with Gasteiger partial charge in [-0.2, -0.15) is 0 Å². The van der Waals surface area contributed by atoms with E-state index in [0.29, 0.717) is 16.8 Å². The van der Waals surface area contributed by atoms with Gasteiger partial charge in [-0.1, -0.05) is 27.7 Å². The van der Waals surface area contributed by atoms with Crippen molar-refractivity contribution < 1.29 is 9.21 Å². The molecule has 0 fully saturated rings. The third-order valence-corrected chi connectivity index (χ3v) is 4.04. The Hall–Kier alpha value is -0.860. The zero-order valence-corrected chi connectivity index (χ0v) is 13.8. The predicted molar refractivity (Wildman–Crippen MR) is 80.2 cm³/mol. The van der Waals surface area contributed by atoms with Gasteiger partial charge >= 0.3 is 0 Å². The molecule has 0 spiro atoms. The number of anilines is 1. The molecular weight excluding hydrogens is 398 g/mol. The number of aromatic nitrogens is 2. The number of halogens is 2. The Morgan fingerprint density at radius 3 is 2.89 bits per heavy atom. The summed E-state index contributed by atoms with van der Waals surface area (Å²) < 4.78 is 6.89. The molecule has 1 N–H and O–H groups in total.